The third-order valence-corrected chi connectivity index (χ3v) is 7.55. The van der Waals surface area contributed by atoms with Crippen LogP contribution in [0.25, 0.3) is 6.08 Å². The molecule has 0 saturated carbocycles. The minimum atomic E-state index is -2.44. The fourth-order valence-corrected chi connectivity index (χ4v) is 5.12. The summed E-state index contributed by atoms with van der Waals surface area (Å²) in [5.74, 6) is 0.340. The second-order valence-electron chi connectivity index (χ2n) is 7.39. The first kappa shape index (κ1) is 27.2. The molecule has 0 aliphatic carbocycles. The van der Waals surface area contributed by atoms with Crippen LogP contribution in [0.5, 0.6) is 11.5 Å². The van der Waals surface area contributed by atoms with Gasteiger partial charge in [-0.2, -0.15) is 0 Å². The summed E-state index contributed by atoms with van der Waals surface area (Å²) in [6.45, 7) is 0. The first-order chi connectivity index (χ1) is 14.3. The van der Waals surface area contributed by atoms with Gasteiger partial charge in [-0.25, -0.2) is 4.79 Å². The predicted octanol–water partition coefficient (Wildman–Crippen LogP) is 7.73. The summed E-state index contributed by atoms with van der Waals surface area (Å²) in [7, 11) is 3.14. The van der Waals surface area contributed by atoms with Gasteiger partial charge in [-0.3, -0.25) is 0 Å². The lowest BCUT2D eigenvalue weighted by atomic mass is 10.0. The molecule has 170 valence electrons. The van der Waals surface area contributed by atoms with Crippen molar-refractivity contribution in [1.82, 2.24) is 0 Å². The molecular formula is C22H33Cl3O4Si. The number of hydrogen-bond acceptors (Lipinski definition) is 3. The van der Waals surface area contributed by atoms with Crippen molar-refractivity contribution in [1.29, 1.82) is 0 Å². The lowest BCUT2D eigenvalue weighted by Crippen LogP contribution is -2.07. The Kier molecular flexibility index (Phi) is 13.6. The molecule has 0 heterocycles. The Balaban J connectivity index is 2.28. The van der Waals surface area contributed by atoms with Gasteiger partial charge in [-0.1, -0.05) is 57.4 Å². The van der Waals surface area contributed by atoms with Crippen molar-refractivity contribution < 1.29 is 19.4 Å². The Morgan fingerprint density at radius 1 is 0.900 bits per heavy atom. The maximum atomic E-state index is 11.6. The second-order valence-corrected chi connectivity index (χ2v) is 16.7. The molecule has 0 unspecified atom stereocenters. The Morgan fingerprint density at radius 2 is 1.43 bits per heavy atom. The van der Waals surface area contributed by atoms with Crippen molar-refractivity contribution in [2.75, 3.05) is 14.2 Å². The SMILES string of the molecule is COc1ccc(/C=C(\CCCCCCCCCCC[Si](Cl)(Cl)Cl)C(=O)O)cc1OC. The Hall–Kier alpha value is -0.883. The summed E-state index contributed by atoms with van der Waals surface area (Å²) >= 11 is 17.6. The molecule has 0 aliphatic heterocycles. The van der Waals surface area contributed by atoms with Crippen molar-refractivity contribution in [3.8, 4) is 11.5 Å². The highest BCUT2D eigenvalue weighted by molar-refractivity contribution is 7.64. The van der Waals surface area contributed by atoms with Crippen LogP contribution in [0.3, 0.4) is 0 Å². The fourth-order valence-electron chi connectivity index (χ4n) is 3.26. The number of aliphatic carboxylic acids is 1. The third kappa shape index (κ3) is 12.1. The van der Waals surface area contributed by atoms with Crippen LogP contribution in [0.15, 0.2) is 23.8 Å². The highest BCUT2D eigenvalue weighted by Crippen LogP contribution is 2.29. The molecule has 0 saturated heterocycles. The van der Waals surface area contributed by atoms with Crippen molar-refractivity contribution in [2.24, 2.45) is 0 Å². The Labute approximate surface area is 195 Å². The number of benzene rings is 1. The van der Waals surface area contributed by atoms with E-state index < -0.39 is 12.0 Å². The highest BCUT2D eigenvalue weighted by Gasteiger charge is 2.23. The van der Waals surface area contributed by atoms with Gasteiger partial charge in [0.15, 0.2) is 11.5 Å². The van der Waals surface area contributed by atoms with Crippen molar-refractivity contribution in [3.05, 3.63) is 29.3 Å². The van der Waals surface area contributed by atoms with E-state index in [1.54, 1.807) is 32.4 Å². The van der Waals surface area contributed by atoms with Gasteiger partial charge in [0.05, 0.1) is 14.2 Å². The van der Waals surface area contributed by atoms with E-state index in [1.165, 1.54) is 25.7 Å². The zero-order chi connectivity index (χ0) is 22.4. The third-order valence-electron chi connectivity index (χ3n) is 4.93. The molecule has 0 aromatic heterocycles. The zero-order valence-electron chi connectivity index (χ0n) is 17.9. The monoisotopic (exact) mass is 494 g/mol. The van der Waals surface area contributed by atoms with Gasteiger partial charge in [0.25, 0.3) is 0 Å². The van der Waals surface area contributed by atoms with Gasteiger partial charge in [-0.15, -0.1) is 33.2 Å². The minimum Gasteiger partial charge on any atom is -0.493 e. The first-order valence-corrected chi connectivity index (χ1v) is 15.7. The Morgan fingerprint density at radius 3 is 1.93 bits per heavy atom. The Bertz CT molecular complexity index is 675. The number of carboxylic acid groups (broad SMARTS) is 1. The van der Waals surface area contributed by atoms with E-state index in [0.717, 1.165) is 43.7 Å². The molecule has 0 amide bonds. The predicted molar refractivity (Wildman–Crippen MR) is 129 cm³/mol. The molecule has 8 heteroatoms. The lowest BCUT2D eigenvalue weighted by molar-refractivity contribution is -0.132. The van der Waals surface area contributed by atoms with Gasteiger partial charge >= 0.3 is 12.0 Å². The molecule has 0 aliphatic rings. The number of carbonyl (C=O) groups is 1. The summed E-state index contributed by atoms with van der Waals surface area (Å²) in [6.07, 6.45) is 12.2. The number of unbranched alkanes of at least 4 members (excludes halogenated alkanes) is 8. The van der Waals surface area contributed by atoms with Crippen LogP contribution in [0, 0.1) is 0 Å². The van der Waals surface area contributed by atoms with Crippen LogP contribution in [-0.2, 0) is 4.79 Å². The average Bonchev–Trinajstić information content (AvgIpc) is 2.69. The second kappa shape index (κ2) is 15.0. The topological polar surface area (TPSA) is 55.8 Å². The summed E-state index contributed by atoms with van der Waals surface area (Å²) < 4.78 is 10.5. The minimum absolute atomic E-state index is 0.416. The number of halogens is 3. The van der Waals surface area contributed by atoms with E-state index in [2.05, 4.69) is 0 Å². The van der Waals surface area contributed by atoms with Crippen LogP contribution in [0.4, 0.5) is 0 Å². The largest absolute Gasteiger partial charge is 0.493 e. The van der Waals surface area contributed by atoms with E-state index in [-0.39, 0.29) is 0 Å². The molecule has 0 atom stereocenters. The van der Waals surface area contributed by atoms with Gasteiger partial charge < -0.3 is 14.6 Å². The quantitative estimate of drug-likeness (QED) is 0.110. The average molecular weight is 496 g/mol. The summed E-state index contributed by atoms with van der Waals surface area (Å²) in [5.41, 5.74) is 1.21. The molecule has 1 aromatic carbocycles. The number of ether oxygens (including phenoxy) is 2. The molecule has 1 N–H and O–H groups in total. The molecule has 1 rings (SSSR count). The van der Waals surface area contributed by atoms with Crippen LogP contribution in [-0.4, -0.2) is 31.3 Å². The molecule has 30 heavy (non-hydrogen) atoms. The van der Waals surface area contributed by atoms with Crippen molar-refractivity contribution in [2.45, 2.75) is 70.3 Å². The number of carboxylic acids is 1. The first-order valence-electron chi connectivity index (χ1n) is 10.5. The van der Waals surface area contributed by atoms with Crippen LogP contribution < -0.4 is 9.47 Å². The normalized spacial score (nSPS) is 12.1. The maximum Gasteiger partial charge on any atom is 0.341 e. The van der Waals surface area contributed by atoms with Crippen LogP contribution >= 0.6 is 33.2 Å². The van der Waals surface area contributed by atoms with Gasteiger partial charge in [-0.05, 0) is 42.7 Å². The molecule has 0 radical (unpaired) electrons. The van der Waals surface area contributed by atoms with E-state index in [9.17, 15) is 9.90 Å². The molecule has 0 bridgehead atoms. The van der Waals surface area contributed by atoms with Crippen molar-refractivity contribution >= 4 is 51.3 Å². The van der Waals surface area contributed by atoms with E-state index in [0.29, 0.717) is 23.5 Å². The van der Waals surface area contributed by atoms with E-state index >= 15 is 0 Å². The van der Waals surface area contributed by atoms with Crippen LogP contribution in [0.2, 0.25) is 6.04 Å². The van der Waals surface area contributed by atoms with Gasteiger partial charge in [0.2, 0.25) is 0 Å². The van der Waals surface area contributed by atoms with Crippen molar-refractivity contribution in [3.63, 3.8) is 0 Å². The fraction of sp³-hybridized carbons (Fsp3) is 0.591. The smallest absolute Gasteiger partial charge is 0.341 e. The number of methoxy groups -OCH3 is 2. The summed E-state index contributed by atoms with van der Waals surface area (Å²) in [6, 6.07) is 3.71. The standard InChI is InChI=1S/C22H33Cl3O4Si/c1-28-20-14-13-18(17-21(20)29-2)16-19(22(26)27)12-10-8-6-4-3-5-7-9-11-15-30(23,24)25/h13-14,16-17H,3-12,15H2,1-2H3,(H,26,27)/b19-16+. The zero-order valence-corrected chi connectivity index (χ0v) is 21.2. The molecule has 0 spiro atoms. The van der Waals surface area contributed by atoms with E-state index in [4.69, 9.17) is 42.7 Å². The van der Waals surface area contributed by atoms with Crippen LogP contribution in [0.1, 0.15) is 69.8 Å². The lowest BCUT2D eigenvalue weighted by Gasteiger charge is -2.09. The number of rotatable bonds is 16. The highest BCUT2D eigenvalue weighted by atomic mass is 35.8. The number of hydrogen-bond donors (Lipinski definition) is 1. The summed E-state index contributed by atoms with van der Waals surface area (Å²) in [5, 5.41) is 9.51. The van der Waals surface area contributed by atoms with Gasteiger partial charge in [0.1, 0.15) is 0 Å². The maximum absolute atomic E-state index is 11.6. The molecule has 4 nitrogen and oxygen atoms in total. The molecule has 1 aromatic rings. The summed E-state index contributed by atoms with van der Waals surface area (Å²) in [4.78, 5) is 11.6. The van der Waals surface area contributed by atoms with Gasteiger partial charge in [0, 0.05) is 5.57 Å². The molecular weight excluding hydrogens is 463 g/mol. The molecule has 0 fully saturated rings. The van der Waals surface area contributed by atoms with E-state index in [1.807, 2.05) is 6.07 Å².